The van der Waals surface area contributed by atoms with Crippen LogP contribution in [-0.2, 0) is 18.5 Å². The number of Topliss-reactive ketones (excluding diaryl/α,β-unsaturated/α-hetero) is 1. The minimum atomic E-state index is -1.13. The fraction of sp³-hybridized carbons (Fsp3) is 0.391. The third-order valence-electron chi connectivity index (χ3n) is 5.41. The summed E-state index contributed by atoms with van der Waals surface area (Å²) < 4.78 is 0. The number of amidine groups is 1. The monoisotopic (exact) mass is 504 g/mol. The number of phenolic OH excluding ortho intramolecular Hbond substituents is 1. The molecule has 0 radical (unpaired) electrons. The van der Waals surface area contributed by atoms with Crippen LogP contribution in [0.2, 0.25) is 0 Å². The highest BCUT2D eigenvalue weighted by Crippen LogP contribution is 2.35. The van der Waals surface area contributed by atoms with Crippen LogP contribution in [0.1, 0.15) is 59.2 Å². The summed E-state index contributed by atoms with van der Waals surface area (Å²) in [4.78, 5) is 31.6. The zero-order valence-corrected chi connectivity index (χ0v) is 20.6. The number of ketones is 1. The summed E-state index contributed by atoms with van der Waals surface area (Å²) >= 11 is 0. The summed E-state index contributed by atoms with van der Waals surface area (Å²) in [5.41, 5.74) is 3.20. The van der Waals surface area contributed by atoms with E-state index >= 15 is 0 Å². The lowest BCUT2D eigenvalue weighted by Gasteiger charge is -2.25. The van der Waals surface area contributed by atoms with Gasteiger partial charge >= 0.3 is 6.09 Å². The van der Waals surface area contributed by atoms with Crippen molar-refractivity contribution in [2.45, 2.75) is 46.2 Å². The van der Waals surface area contributed by atoms with Crippen molar-refractivity contribution in [3.63, 3.8) is 0 Å². The summed E-state index contributed by atoms with van der Waals surface area (Å²) in [5.74, 6) is 0.00450. The van der Waals surface area contributed by atoms with Crippen LogP contribution in [0.4, 0.5) is 4.79 Å². The number of nitrogens with one attached hydrogen (secondary N) is 1. The number of fused-ring (bicyclic) bond motifs is 1. The molecule has 0 unspecified atom stereocenters. The Morgan fingerprint density at radius 1 is 1.25 bits per heavy atom. The molecule has 0 bridgehead atoms. The number of rotatable bonds is 5. The molecule has 1 amide bonds. The Hall–Kier alpha value is -2.94. The van der Waals surface area contributed by atoms with Crippen LogP contribution in [0.3, 0.4) is 0 Å². The lowest BCUT2D eigenvalue weighted by Crippen LogP contribution is -2.31. The van der Waals surface area contributed by atoms with Gasteiger partial charge in [-0.3, -0.25) is 10.2 Å². The molecule has 0 saturated heterocycles. The number of phenols is 1. The topological polar surface area (TPSA) is 118 Å². The van der Waals surface area contributed by atoms with E-state index in [0.717, 1.165) is 16.2 Å². The quantitative estimate of drug-likeness (QED) is 0.527. The molecular formula is C23H29BrN4O4. The summed E-state index contributed by atoms with van der Waals surface area (Å²) in [5, 5.41) is 28.4. The molecule has 1 aromatic carbocycles. The molecule has 0 spiro atoms. The van der Waals surface area contributed by atoms with E-state index in [4.69, 9.17) is 5.41 Å². The van der Waals surface area contributed by atoms with Crippen molar-refractivity contribution >= 4 is 34.7 Å². The molecule has 8 nitrogen and oxygen atoms in total. The van der Waals surface area contributed by atoms with E-state index in [0.29, 0.717) is 28.9 Å². The summed E-state index contributed by atoms with van der Waals surface area (Å²) in [7, 11) is 1.41. The molecule has 2 aromatic rings. The second kappa shape index (κ2) is 9.28. The van der Waals surface area contributed by atoms with E-state index in [1.807, 2.05) is 39.8 Å². The van der Waals surface area contributed by atoms with Crippen molar-refractivity contribution in [3.05, 3.63) is 57.9 Å². The zero-order valence-electron chi connectivity index (χ0n) is 18.9. The smallest absolute Gasteiger partial charge is 0.407 e. The number of amides is 1. The number of aryl methyl sites for hydroxylation is 1. The second-order valence-electron chi connectivity index (χ2n) is 9.01. The van der Waals surface area contributed by atoms with Crippen LogP contribution in [0.25, 0.3) is 0 Å². The average Bonchev–Trinajstić information content (AvgIpc) is 2.97. The molecule has 1 aromatic heterocycles. The Morgan fingerprint density at radius 3 is 2.50 bits per heavy atom. The standard InChI is InChI=1S/C23H28N4O4.BrH/c1-13-6-7-14-11-27(21(24)19(14)25-13)12-18(28)15-8-16(10-26(5)22(30)31)20(29)17(9-15)23(2,3)4;/h6-9,24,29H,10-12H2,1-5H3,(H,30,31);1H. The van der Waals surface area contributed by atoms with Gasteiger partial charge < -0.3 is 20.0 Å². The normalized spacial score (nSPS) is 12.9. The second-order valence-corrected chi connectivity index (χ2v) is 9.01. The highest BCUT2D eigenvalue weighted by atomic mass is 79.9. The number of nitrogens with zero attached hydrogens (tertiary/aromatic N) is 3. The Balaban J connectivity index is 0.00000363. The number of aromatic hydroxyl groups is 1. The van der Waals surface area contributed by atoms with Crippen molar-refractivity contribution in [1.82, 2.24) is 14.8 Å². The lowest BCUT2D eigenvalue weighted by molar-refractivity contribution is 0.0962. The Kier molecular flexibility index (Phi) is 7.34. The minimum Gasteiger partial charge on any atom is -0.507 e. The molecule has 0 fully saturated rings. The van der Waals surface area contributed by atoms with Crippen LogP contribution in [-0.4, -0.2) is 56.3 Å². The van der Waals surface area contributed by atoms with E-state index < -0.39 is 11.5 Å². The van der Waals surface area contributed by atoms with Crippen LogP contribution >= 0.6 is 17.0 Å². The fourth-order valence-corrected chi connectivity index (χ4v) is 3.62. The molecule has 1 aliphatic rings. The van der Waals surface area contributed by atoms with E-state index in [-0.39, 0.29) is 47.4 Å². The average molecular weight is 505 g/mol. The van der Waals surface area contributed by atoms with Crippen molar-refractivity contribution < 1.29 is 19.8 Å². The predicted molar refractivity (Wildman–Crippen MR) is 127 cm³/mol. The molecule has 172 valence electrons. The van der Waals surface area contributed by atoms with Gasteiger partial charge in [0.15, 0.2) is 5.78 Å². The summed E-state index contributed by atoms with van der Waals surface area (Å²) in [6, 6.07) is 7.02. The van der Waals surface area contributed by atoms with Crippen molar-refractivity contribution in [1.29, 1.82) is 5.41 Å². The molecule has 0 atom stereocenters. The van der Waals surface area contributed by atoms with Gasteiger partial charge in [0.2, 0.25) is 0 Å². The van der Waals surface area contributed by atoms with Gasteiger partial charge in [-0.1, -0.05) is 26.8 Å². The fourth-order valence-electron chi connectivity index (χ4n) is 3.62. The highest BCUT2D eigenvalue weighted by Gasteiger charge is 2.29. The van der Waals surface area contributed by atoms with E-state index in [2.05, 4.69) is 4.98 Å². The first kappa shape index (κ1) is 25.3. The molecule has 3 N–H and O–H groups in total. The maximum absolute atomic E-state index is 13.2. The summed E-state index contributed by atoms with van der Waals surface area (Å²) in [6.07, 6.45) is -1.13. The molecule has 2 heterocycles. The van der Waals surface area contributed by atoms with Gasteiger partial charge in [-0.15, -0.1) is 17.0 Å². The third-order valence-corrected chi connectivity index (χ3v) is 5.41. The number of carbonyl (C=O) groups excluding carboxylic acids is 1. The molecule has 0 aliphatic carbocycles. The number of halogens is 1. The van der Waals surface area contributed by atoms with Gasteiger partial charge in [-0.05, 0) is 30.5 Å². The van der Waals surface area contributed by atoms with Gasteiger partial charge in [-0.25, -0.2) is 9.78 Å². The van der Waals surface area contributed by atoms with Gasteiger partial charge in [0.05, 0.1) is 13.1 Å². The van der Waals surface area contributed by atoms with E-state index in [9.17, 15) is 19.8 Å². The summed E-state index contributed by atoms with van der Waals surface area (Å²) in [6.45, 7) is 8.01. The Labute approximate surface area is 198 Å². The van der Waals surface area contributed by atoms with Gasteiger partial charge in [-0.2, -0.15) is 0 Å². The molecule has 9 heteroatoms. The van der Waals surface area contributed by atoms with Crippen LogP contribution < -0.4 is 0 Å². The van der Waals surface area contributed by atoms with Crippen LogP contribution in [0.15, 0.2) is 24.3 Å². The molecule has 3 rings (SSSR count). The molecule has 1 aliphatic heterocycles. The van der Waals surface area contributed by atoms with E-state index in [1.165, 1.54) is 7.05 Å². The number of carbonyl (C=O) groups is 2. The third kappa shape index (κ3) is 5.09. The number of aromatic nitrogens is 1. The number of carboxylic acid groups (broad SMARTS) is 1. The Morgan fingerprint density at radius 2 is 1.91 bits per heavy atom. The first-order chi connectivity index (χ1) is 14.4. The number of hydrogen-bond acceptors (Lipinski definition) is 5. The first-order valence-corrected chi connectivity index (χ1v) is 10.0. The zero-order chi connectivity index (χ0) is 23.1. The van der Waals surface area contributed by atoms with Crippen molar-refractivity contribution in [3.8, 4) is 5.75 Å². The Bertz CT molecular complexity index is 1080. The van der Waals surface area contributed by atoms with Crippen LogP contribution in [0.5, 0.6) is 5.75 Å². The van der Waals surface area contributed by atoms with E-state index in [1.54, 1.807) is 17.0 Å². The van der Waals surface area contributed by atoms with Crippen molar-refractivity contribution in [2.75, 3.05) is 13.6 Å². The SMILES string of the molecule is Br.Cc1ccc2c(n1)C(=N)N(CC(=O)c1cc(CN(C)C(=O)O)c(O)c(C(C)(C)C)c1)C2. The molecule has 0 saturated carbocycles. The highest BCUT2D eigenvalue weighted by molar-refractivity contribution is 8.93. The maximum atomic E-state index is 13.2. The molecule has 32 heavy (non-hydrogen) atoms. The minimum absolute atomic E-state index is 0. The predicted octanol–water partition coefficient (Wildman–Crippen LogP) is 4.10. The van der Waals surface area contributed by atoms with Gasteiger partial charge in [0, 0.05) is 41.5 Å². The van der Waals surface area contributed by atoms with Gasteiger partial charge in [0.1, 0.15) is 17.3 Å². The first-order valence-electron chi connectivity index (χ1n) is 10.0. The van der Waals surface area contributed by atoms with Crippen LogP contribution in [0, 0.1) is 12.3 Å². The van der Waals surface area contributed by atoms with Crippen molar-refractivity contribution in [2.24, 2.45) is 0 Å². The lowest BCUT2D eigenvalue weighted by atomic mass is 9.83. The molecular weight excluding hydrogens is 476 g/mol. The number of hydrogen-bond donors (Lipinski definition) is 3. The number of benzene rings is 1. The largest absolute Gasteiger partial charge is 0.507 e. The van der Waals surface area contributed by atoms with Gasteiger partial charge in [0.25, 0.3) is 0 Å². The maximum Gasteiger partial charge on any atom is 0.407 e. The number of pyridine rings is 1.